The first kappa shape index (κ1) is 24.4. The zero-order chi connectivity index (χ0) is 25.4. The molecule has 0 aromatic carbocycles. The Morgan fingerprint density at radius 3 is 2.34 bits per heavy atom. The number of aliphatic hydroxyl groups excluding tert-OH is 3. The third kappa shape index (κ3) is 2.74. The number of carboxylic acids is 1. The number of aliphatic hydroxyl groups is 3. The van der Waals surface area contributed by atoms with E-state index in [4.69, 9.17) is 0 Å². The van der Waals surface area contributed by atoms with Crippen LogP contribution in [0, 0.1) is 56.2 Å². The minimum Gasteiger partial charge on any atom is -0.481 e. The molecule has 5 fully saturated rings. The number of carbonyl (C=O) groups is 1. The third-order valence-corrected chi connectivity index (χ3v) is 13.3. The molecule has 6 aliphatic rings. The van der Waals surface area contributed by atoms with Gasteiger partial charge in [-0.15, -0.1) is 0 Å². The second-order valence-corrected chi connectivity index (χ2v) is 15.3. The van der Waals surface area contributed by atoms with E-state index in [9.17, 15) is 25.2 Å². The fourth-order valence-electron chi connectivity index (χ4n) is 11.5. The minimum atomic E-state index is -0.895. The Kier molecular flexibility index (Phi) is 4.84. The zero-order valence-electron chi connectivity index (χ0n) is 22.3. The third-order valence-electron chi connectivity index (χ3n) is 13.3. The number of fused-ring (bicyclic) bond motifs is 5. The molecule has 0 radical (unpaired) electrons. The van der Waals surface area contributed by atoms with Crippen LogP contribution in [-0.4, -0.2) is 45.2 Å². The van der Waals surface area contributed by atoms with E-state index in [-0.39, 0.29) is 40.1 Å². The summed E-state index contributed by atoms with van der Waals surface area (Å²) in [5.74, 6) is 0.691. The van der Waals surface area contributed by atoms with Crippen LogP contribution in [0.1, 0.15) is 92.4 Å². The molecular formula is C30H46O5. The molecule has 0 bridgehead atoms. The Morgan fingerprint density at radius 1 is 0.971 bits per heavy atom. The Labute approximate surface area is 210 Å². The summed E-state index contributed by atoms with van der Waals surface area (Å²) < 4.78 is 0. The number of rotatable bonds is 2. The van der Waals surface area contributed by atoms with Gasteiger partial charge in [0.15, 0.2) is 0 Å². The van der Waals surface area contributed by atoms with Crippen molar-refractivity contribution in [3.05, 3.63) is 11.6 Å². The molecule has 0 aromatic rings. The largest absolute Gasteiger partial charge is 0.481 e. The molecule has 6 rings (SSSR count). The van der Waals surface area contributed by atoms with Crippen LogP contribution in [0.2, 0.25) is 0 Å². The van der Waals surface area contributed by atoms with Gasteiger partial charge in [-0.05, 0) is 103 Å². The lowest BCUT2D eigenvalue weighted by molar-refractivity contribution is -0.229. The van der Waals surface area contributed by atoms with Crippen molar-refractivity contribution in [2.75, 3.05) is 6.61 Å². The van der Waals surface area contributed by atoms with Gasteiger partial charge in [-0.1, -0.05) is 46.3 Å². The first-order valence-electron chi connectivity index (χ1n) is 14.1. The van der Waals surface area contributed by atoms with Crippen molar-refractivity contribution in [3.63, 3.8) is 0 Å². The number of hydrogen-bond acceptors (Lipinski definition) is 4. The molecule has 0 aromatic heterocycles. The molecular weight excluding hydrogens is 440 g/mol. The lowest BCUT2D eigenvalue weighted by Gasteiger charge is -2.68. The van der Waals surface area contributed by atoms with E-state index in [0.29, 0.717) is 24.7 Å². The molecule has 11 atom stereocenters. The molecule has 4 N–H and O–H groups in total. The van der Waals surface area contributed by atoms with Crippen LogP contribution in [0.5, 0.6) is 0 Å². The van der Waals surface area contributed by atoms with E-state index in [1.807, 2.05) is 6.92 Å². The first-order valence-corrected chi connectivity index (χ1v) is 14.1. The van der Waals surface area contributed by atoms with Crippen LogP contribution in [0.4, 0.5) is 0 Å². The Hall–Kier alpha value is -0.910. The summed E-state index contributed by atoms with van der Waals surface area (Å²) in [5.41, 5.74) is 0.293. The molecule has 5 saturated carbocycles. The number of carboxylic acid groups (broad SMARTS) is 1. The van der Waals surface area contributed by atoms with E-state index in [1.165, 1.54) is 0 Å². The molecule has 0 amide bonds. The normalized spacial score (nSPS) is 58.0. The maximum Gasteiger partial charge on any atom is 0.310 e. The summed E-state index contributed by atoms with van der Waals surface area (Å²) in [7, 11) is 0. The number of allylic oxidation sites excluding steroid dienone is 2. The maximum absolute atomic E-state index is 12.8. The zero-order valence-corrected chi connectivity index (χ0v) is 22.3. The van der Waals surface area contributed by atoms with Gasteiger partial charge in [0, 0.05) is 5.41 Å². The molecule has 0 aliphatic heterocycles. The monoisotopic (exact) mass is 486 g/mol. The van der Waals surface area contributed by atoms with E-state index in [2.05, 4.69) is 33.8 Å². The Bertz CT molecular complexity index is 987. The second-order valence-electron chi connectivity index (χ2n) is 15.3. The molecule has 5 nitrogen and oxygen atoms in total. The van der Waals surface area contributed by atoms with Gasteiger partial charge in [0.25, 0.3) is 0 Å². The van der Waals surface area contributed by atoms with Crippen LogP contribution >= 0.6 is 0 Å². The summed E-state index contributed by atoms with van der Waals surface area (Å²) >= 11 is 0. The van der Waals surface area contributed by atoms with Crippen LogP contribution in [0.15, 0.2) is 11.6 Å². The standard InChI is InChI=1S/C30H46O5/c1-25(2)10-11-29(24(34)35)9-7-20-26(3)8-6-19-27(4,14-18(32)23(33)28(19,5)16-31)21(26)12-17-13-30(17,20)22(29)15-25/h7,17-19,21-23,31-33H,6,8-16H2,1-5H3,(H,34,35). The molecule has 5 heteroatoms. The summed E-state index contributed by atoms with van der Waals surface area (Å²) in [4.78, 5) is 12.8. The van der Waals surface area contributed by atoms with Crippen molar-refractivity contribution in [3.8, 4) is 0 Å². The summed E-state index contributed by atoms with van der Waals surface area (Å²) in [6.45, 7) is 11.3. The van der Waals surface area contributed by atoms with Crippen molar-refractivity contribution in [2.45, 2.75) is 105 Å². The first-order chi connectivity index (χ1) is 16.2. The molecule has 1 spiro atoms. The lowest BCUT2D eigenvalue weighted by Crippen LogP contribution is -2.66. The van der Waals surface area contributed by atoms with E-state index in [1.54, 1.807) is 5.57 Å². The molecule has 0 saturated heterocycles. The van der Waals surface area contributed by atoms with E-state index < -0.39 is 29.0 Å². The predicted molar refractivity (Wildman–Crippen MR) is 133 cm³/mol. The average Bonchev–Trinajstić information content (AvgIpc) is 3.50. The topological polar surface area (TPSA) is 98.0 Å². The highest BCUT2D eigenvalue weighted by Crippen LogP contribution is 2.83. The number of aliphatic carboxylic acids is 1. The van der Waals surface area contributed by atoms with Crippen LogP contribution in [0.25, 0.3) is 0 Å². The van der Waals surface area contributed by atoms with Crippen molar-refractivity contribution < 1.29 is 25.2 Å². The Morgan fingerprint density at radius 2 is 1.69 bits per heavy atom. The summed E-state index contributed by atoms with van der Waals surface area (Å²) in [6, 6.07) is 0. The van der Waals surface area contributed by atoms with Crippen molar-refractivity contribution >= 4 is 5.97 Å². The second kappa shape index (κ2) is 6.94. The van der Waals surface area contributed by atoms with Gasteiger partial charge in [0.2, 0.25) is 0 Å². The maximum atomic E-state index is 12.8. The van der Waals surface area contributed by atoms with Gasteiger partial charge in [0.1, 0.15) is 0 Å². The van der Waals surface area contributed by atoms with Gasteiger partial charge >= 0.3 is 5.97 Å². The highest BCUT2D eigenvalue weighted by molar-refractivity contribution is 5.77. The highest BCUT2D eigenvalue weighted by atomic mass is 16.4. The van der Waals surface area contributed by atoms with Crippen LogP contribution in [-0.2, 0) is 4.79 Å². The predicted octanol–water partition coefficient (Wildman–Crippen LogP) is 4.79. The number of hydrogen-bond donors (Lipinski definition) is 4. The van der Waals surface area contributed by atoms with Crippen LogP contribution < -0.4 is 0 Å². The minimum absolute atomic E-state index is 0.0110. The SMILES string of the molecule is CC1(C)CCC2(C(=O)O)CC=C3C4(C)CCC5C(C)(CO)C(O)C(O)CC5(C)C4CC4CC34C2C1. The lowest BCUT2D eigenvalue weighted by atomic mass is 9.36. The van der Waals surface area contributed by atoms with Gasteiger partial charge in [0.05, 0.1) is 24.2 Å². The molecule has 35 heavy (non-hydrogen) atoms. The molecule has 0 heterocycles. The van der Waals surface area contributed by atoms with E-state index >= 15 is 0 Å². The van der Waals surface area contributed by atoms with Gasteiger partial charge in [-0.3, -0.25) is 4.79 Å². The molecule has 11 unspecified atom stereocenters. The van der Waals surface area contributed by atoms with Crippen molar-refractivity contribution in [2.24, 2.45) is 56.2 Å². The fraction of sp³-hybridized carbons (Fsp3) is 0.900. The quantitative estimate of drug-likeness (QED) is 0.421. The summed E-state index contributed by atoms with van der Waals surface area (Å²) in [6.07, 6.45) is 8.84. The highest BCUT2D eigenvalue weighted by Gasteiger charge is 2.77. The average molecular weight is 487 g/mol. The molecule has 196 valence electrons. The van der Waals surface area contributed by atoms with Crippen molar-refractivity contribution in [1.29, 1.82) is 0 Å². The fourth-order valence-corrected chi connectivity index (χ4v) is 11.5. The Balaban J connectivity index is 1.45. The van der Waals surface area contributed by atoms with Gasteiger partial charge < -0.3 is 20.4 Å². The van der Waals surface area contributed by atoms with Crippen molar-refractivity contribution in [1.82, 2.24) is 0 Å². The smallest absolute Gasteiger partial charge is 0.310 e. The van der Waals surface area contributed by atoms with Gasteiger partial charge in [-0.2, -0.15) is 0 Å². The van der Waals surface area contributed by atoms with Crippen LogP contribution in [0.3, 0.4) is 0 Å². The summed E-state index contributed by atoms with van der Waals surface area (Å²) in [5, 5.41) is 42.9. The van der Waals surface area contributed by atoms with Gasteiger partial charge in [-0.25, -0.2) is 0 Å². The van der Waals surface area contributed by atoms with E-state index in [0.717, 1.165) is 44.9 Å². The molecule has 6 aliphatic carbocycles.